The summed E-state index contributed by atoms with van der Waals surface area (Å²) in [4.78, 5) is 23.4. The van der Waals surface area contributed by atoms with Crippen LogP contribution in [0, 0.1) is 0 Å². The zero-order valence-electron chi connectivity index (χ0n) is 15.9. The Morgan fingerprint density at radius 3 is 2.25 bits per heavy atom. The summed E-state index contributed by atoms with van der Waals surface area (Å²) in [5, 5.41) is 2.74. The summed E-state index contributed by atoms with van der Waals surface area (Å²) in [7, 11) is 0. The number of hydrogen-bond donors (Lipinski definition) is 1. The molecule has 0 atom stereocenters. The summed E-state index contributed by atoms with van der Waals surface area (Å²) in [6.07, 6.45) is 2.78. The van der Waals surface area contributed by atoms with Gasteiger partial charge in [-0.2, -0.15) is 0 Å². The Kier molecular flexibility index (Phi) is 6.84. The number of alkyl carbamates (subject to hydrolysis) is 1. The molecule has 5 nitrogen and oxygen atoms in total. The van der Waals surface area contributed by atoms with Crippen LogP contribution >= 0.6 is 0 Å². The molecule has 0 bridgehead atoms. The Morgan fingerprint density at radius 1 is 0.964 bits per heavy atom. The molecule has 0 fully saturated rings. The van der Waals surface area contributed by atoms with E-state index in [0.717, 1.165) is 0 Å². The van der Waals surface area contributed by atoms with Crippen LogP contribution in [0.2, 0.25) is 0 Å². The molecule has 1 N–H and O–H groups in total. The third-order valence-electron chi connectivity index (χ3n) is 4.78. The molecule has 0 heterocycles. The second-order valence-electron chi connectivity index (χ2n) is 6.68. The van der Waals surface area contributed by atoms with Crippen molar-refractivity contribution in [1.82, 2.24) is 5.32 Å². The van der Waals surface area contributed by atoms with E-state index in [2.05, 4.69) is 36.2 Å². The second-order valence-corrected chi connectivity index (χ2v) is 6.68. The molecule has 2 aromatic rings. The van der Waals surface area contributed by atoms with Gasteiger partial charge in [0.1, 0.15) is 13.2 Å². The zero-order valence-corrected chi connectivity index (χ0v) is 15.9. The van der Waals surface area contributed by atoms with Gasteiger partial charge in [0.05, 0.1) is 0 Å². The highest BCUT2D eigenvalue weighted by molar-refractivity contribution is 5.79. The summed E-state index contributed by atoms with van der Waals surface area (Å²) in [5.41, 5.74) is 4.79. The highest BCUT2D eigenvalue weighted by atomic mass is 16.5. The smallest absolute Gasteiger partial charge is 0.407 e. The lowest BCUT2D eigenvalue weighted by Gasteiger charge is -2.14. The number of benzene rings is 2. The van der Waals surface area contributed by atoms with Gasteiger partial charge in [-0.15, -0.1) is 0 Å². The van der Waals surface area contributed by atoms with Gasteiger partial charge in [-0.3, -0.25) is 4.79 Å². The Bertz CT molecular complexity index is 801. The summed E-state index contributed by atoms with van der Waals surface area (Å²) >= 11 is 0. The first-order valence-electron chi connectivity index (χ1n) is 9.56. The van der Waals surface area contributed by atoms with Crippen LogP contribution < -0.4 is 5.32 Å². The lowest BCUT2D eigenvalue weighted by Crippen LogP contribution is -2.27. The van der Waals surface area contributed by atoms with Crippen molar-refractivity contribution in [3.05, 3.63) is 72.3 Å². The lowest BCUT2D eigenvalue weighted by atomic mass is 9.98. The molecule has 0 radical (unpaired) electrons. The molecular weight excluding hydrogens is 354 g/mol. The number of hydrogen-bond acceptors (Lipinski definition) is 4. The van der Waals surface area contributed by atoms with Gasteiger partial charge in [0.15, 0.2) is 0 Å². The van der Waals surface area contributed by atoms with Gasteiger partial charge in [-0.25, -0.2) is 4.79 Å². The number of ether oxygens (including phenoxy) is 2. The largest absolute Gasteiger partial charge is 0.461 e. The van der Waals surface area contributed by atoms with Crippen LogP contribution in [0.1, 0.15) is 36.3 Å². The first kappa shape index (κ1) is 19.7. The van der Waals surface area contributed by atoms with Crippen molar-refractivity contribution in [3.63, 3.8) is 0 Å². The van der Waals surface area contributed by atoms with E-state index in [4.69, 9.17) is 9.47 Å². The predicted molar refractivity (Wildman–Crippen MR) is 108 cm³/mol. The summed E-state index contributed by atoms with van der Waals surface area (Å²) in [6.45, 7) is 4.49. The standard InChI is InChI=1S/C23H25NO4/c1-2-15-27-22(25)13-7-8-14-24-23(26)28-16-21-19-11-5-3-9-17(19)18-10-4-6-12-20(18)21/h2-6,9-12,21H,1,7-8,13-16H2,(H,24,26). The number of amides is 1. The monoisotopic (exact) mass is 379 g/mol. The predicted octanol–water partition coefficient (Wildman–Crippen LogP) is 4.42. The molecule has 1 aliphatic carbocycles. The second kappa shape index (κ2) is 9.74. The number of unbranched alkanes of at least 4 members (excludes halogenated alkanes) is 1. The molecule has 146 valence electrons. The van der Waals surface area contributed by atoms with Crippen LogP contribution in [0.15, 0.2) is 61.2 Å². The first-order chi connectivity index (χ1) is 13.7. The van der Waals surface area contributed by atoms with E-state index >= 15 is 0 Å². The van der Waals surface area contributed by atoms with Gasteiger partial charge in [0, 0.05) is 18.9 Å². The van der Waals surface area contributed by atoms with Gasteiger partial charge in [-0.05, 0) is 35.1 Å². The van der Waals surface area contributed by atoms with Crippen LogP contribution in [0.4, 0.5) is 4.79 Å². The van der Waals surface area contributed by atoms with Crippen molar-refractivity contribution < 1.29 is 19.1 Å². The van der Waals surface area contributed by atoms with Crippen LogP contribution in [-0.2, 0) is 14.3 Å². The quantitative estimate of drug-likeness (QED) is 0.398. The van der Waals surface area contributed by atoms with Gasteiger partial charge in [-0.1, -0.05) is 61.2 Å². The maximum absolute atomic E-state index is 12.0. The molecule has 2 aromatic carbocycles. The molecule has 0 aliphatic heterocycles. The molecule has 0 spiro atoms. The van der Waals surface area contributed by atoms with Gasteiger partial charge >= 0.3 is 12.1 Å². The molecule has 1 amide bonds. The molecule has 0 saturated heterocycles. The fourth-order valence-corrected chi connectivity index (χ4v) is 3.46. The number of carbonyl (C=O) groups is 2. The molecule has 28 heavy (non-hydrogen) atoms. The van der Waals surface area contributed by atoms with E-state index in [1.165, 1.54) is 28.3 Å². The van der Waals surface area contributed by atoms with Crippen LogP contribution in [-0.4, -0.2) is 31.8 Å². The summed E-state index contributed by atoms with van der Waals surface area (Å²) < 4.78 is 10.4. The SMILES string of the molecule is C=CCOC(=O)CCCCNC(=O)OCC1c2ccccc2-c2ccccc21. The minimum atomic E-state index is -0.434. The van der Waals surface area contributed by atoms with E-state index in [1.807, 2.05) is 24.3 Å². The average molecular weight is 379 g/mol. The summed E-state index contributed by atoms with van der Waals surface area (Å²) in [6, 6.07) is 16.5. The van der Waals surface area contributed by atoms with E-state index in [9.17, 15) is 9.59 Å². The number of carbonyl (C=O) groups excluding carboxylic acids is 2. The minimum absolute atomic E-state index is 0.0535. The van der Waals surface area contributed by atoms with E-state index in [-0.39, 0.29) is 18.5 Å². The third-order valence-corrected chi connectivity index (χ3v) is 4.78. The molecule has 1 aliphatic rings. The Balaban J connectivity index is 1.43. The van der Waals surface area contributed by atoms with E-state index in [0.29, 0.717) is 32.4 Å². The van der Waals surface area contributed by atoms with Gasteiger partial charge < -0.3 is 14.8 Å². The number of esters is 1. The molecular formula is C23H25NO4. The normalized spacial score (nSPS) is 12.0. The maximum atomic E-state index is 12.0. The molecule has 0 saturated carbocycles. The minimum Gasteiger partial charge on any atom is -0.461 e. The fraction of sp³-hybridized carbons (Fsp3) is 0.304. The highest BCUT2D eigenvalue weighted by Crippen LogP contribution is 2.44. The van der Waals surface area contributed by atoms with Gasteiger partial charge in [0.25, 0.3) is 0 Å². The van der Waals surface area contributed by atoms with Crippen molar-refractivity contribution in [2.75, 3.05) is 19.8 Å². The van der Waals surface area contributed by atoms with E-state index in [1.54, 1.807) is 0 Å². The fourth-order valence-electron chi connectivity index (χ4n) is 3.46. The molecule has 0 aromatic heterocycles. The van der Waals surface area contributed by atoms with Crippen molar-refractivity contribution in [1.29, 1.82) is 0 Å². The zero-order chi connectivity index (χ0) is 19.8. The Labute approximate surface area is 165 Å². The molecule has 3 rings (SSSR count). The Hall–Kier alpha value is -3.08. The van der Waals surface area contributed by atoms with Crippen LogP contribution in [0.25, 0.3) is 11.1 Å². The molecule has 0 unspecified atom stereocenters. The first-order valence-corrected chi connectivity index (χ1v) is 9.56. The molecule has 5 heteroatoms. The third kappa shape index (κ3) is 4.80. The van der Waals surface area contributed by atoms with Crippen molar-refractivity contribution in [2.45, 2.75) is 25.2 Å². The topological polar surface area (TPSA) is 64.6 Å². The van der Waals surface area contributed by atoms with Crippen LogP contribution in [0.5, 0.6) is 0 Å². The van der Waals surface area contributed by atoms with Crippen molar-refractivity contribution in [3.8, 4) is 11.1 Å². The van der Waals surface area contributed by atoms with Crippen LogP contribution in [0.3, 0.4) is 0 Å². The van der Waals surface area contributed by atoms with Gasteiger partial charge in [0.2, 0.25) is 0 Å². The summed E-state index contributed by atoms with van der Waals surface area (Å²) in [5.74, 6) is -0.196. The van der Waals surface area contributed by atoms with E-state index < -0.39 is 6.09 Å². The average Bonchev–Trinajstić information content (AvgIpc) is 3.04. The number of nitrogens with one attached hydrogen (secondary N) is 1. The maximum Gasteiger partial charge on any atom is 0.407 e. The van der Waals surface area contributed by atoms with Crippen molar-refractivity contribution in [2.24, 2.45) is 0 Å². The Morgan fingerprint density at radius 2 is 1.61 bits per heavy atom. The van der Waals surface area contributed by atoms with Crippen molar-refractivity contribution >= 4 is 12.1 Å². The highest BCUT2D eigenvalue weighted by Gasteiger charge is 2.28. The number of fused-ring (bicyclic) bond motifs is 3. The number of rotatable bonds is 9. The lowest BCUT2D eigenvalue weighted by molar-refractivity contribution is -0.142.